The van der Waals surface area contributed by atoms with Gasteiger partial charge in [-0.15, -0.1) is 0 Å². The van der Waals surface area contributed by atoms with E-state index < -0.39 is 10.2 Å². The summed E-state index contributed by atoms with van der Waals surface area (Å²) in [6.07, 6.45) is 3.60. The summed E-state index contributed by atoms with van der Waals surface area (Å²) in [7, 11) is -3.44. The Balaban J connectivity index is 1.60. The van der Waals surface area contributed by atoms with Crippen LogP contribution in [0.2, 0.25) is 0 Å². The number of halogens is 1. The van der Waals surface area contributed by atoms with Crippen molar-refractivity contribution < 1.29 is 17.9 Å². The summed E-state index contributed by atoms with van der Waals surface area (Å²) in [5, 5.41) is 0. The molecule has 0 saturated carbocycles. The van der Waals surface area contributed by atoms with Crippen molar-refractivity contribution >= 4 is 26.1 Å². The minimum absolute atomic E-state index is 0.225. The lowest BCUT2D eigenvalue weighted by Gasteiger charge is -2.29. The van der Waals surface area contributed by atoms with Gasteiger partial charge in [-0.1, -0.05) is 0 Å². The summed E-state index contributed by atoms with van der Waals surface area (Å²) in [5.41, 5.74) is 0. The zero-order valence-electron chi connectivity index (χ0n) is 11.9. The monoisotopic (exact) mass is 392 g/mol. The van der Waals surface area contributed by atoms with E-state index in [4.69, 9.17) is 9.47 Å². The van der Waals surface area contributed by atoms with E-state index in [1.165, 1.54) is 8.61 Å². The first-order valence-electron chi connectivity index (χ1n) is 7.03. The smallest absolute Gasteiger partial charge is 0.316 e. The largest absolute Gasteiger partial charge is 0.459 e. The van der Waals surface area contributed by atoms with Crippen molar-refractivity contribution in [2.75, 3.05) is 39.4 Å². The highest BCUT2D eigenvalue weighted by atomic mass is 79.9. The Kier molecular flexibility index (Phi) is 4.93. The summed E-state index contributed by atoms with van der Waals surface area (Å²) in [5.74, 6) is 0. The van der Waals surface area contributed by atoms with Crippen LogP contribution in [0.25, 0.3) is 0 Å². The number of rotatable bonds is 4. The Labute approximate surface area is 137 Å². The van der Waals surface area contributed by atoms with Crippen LogP contribution in [0.4, 0.5) is 0 Å². The lowest BCUT2D eigenvalue weighted by atomic mass is 10.3. The molecule has 3 heterocycles. The molecular weight excluding hydrogens is 376 g/mol. The van der Waals surface area contributed by atoms with Crippen LogP contribution in [0.3, 0.4) is 0 Å². The molecule has 2 aliphatic rings. The van der Waals surface area contributed by atoms with Gasteiger partial charge in [0.25, 0.3) is 10.2 Å². The maximum atomic E-state index is 12.5. The predicted octanol–water partition coefficient (Wildman–Crippen LogP) is 0.269. The van der Waals surface area contributed by atoms with Crippen LogP contribution in [0.5, 0.6) is 6.01 Å². The molecule has 0 radical (unpaired) electrons. The second-order valence-electron chi connectivity index (χ2n) is 5.09. The third kappa shape index (κ3) is 3.57. The summed E-state index contributed by atoms with van der Waals surface area (Å²) >= 11 is 3.25. The van der Waals surface area contributed by atoms with Crippen LogP contribution in [-0.2, 0) is 14.9 Å². The van der Waals surface area contributed by atoms with Crippen molar-refractivity contribution in [2.24, 2.45) is 0 Å². The van der Waals surface area contributed by atoms with Gasteiger partial charge in [-0.3, -0.25) is 0 Å². The molecule has 2 aliphatic heterocycles. The molecule has 3 rings (SSSR count). The van der Waals surface area contributed by atoms with Crippen LogP contribution < -0.4 is 4.74 Å². The lowest BCUT2D eigenvalue weighted by molar-refractivity contribution is 0.0703. The highest BCUT2D eigenvalue weighted by Gasteiger charge is 2.37. The minimum Gasteiger partial charge on any atom is -0.459 e. The molecule has 1 aromatic heterocycles. The van der Waals surface area contributed by atoms with Gasteiger partial charge in [-0.05, 0) is 22.4 Å². The van der Waals surface area contributed by atoms with E-state index in [0.29, 0.717) is 45.8 Å². The highest BCUT2D eigenvalue weighted by Crippen LogP contribution is 2.21. The van der Waals surface area contributed by atoms with Crippen molar-refractivity contribution in [3.05, 3.63) is 16.9 Å². The number of aromatic nitrogens is 2. The first-order valence-corrected chi connectivity index (χ1v) is 9.22. The Morgan fingerprint density at radius 3 is 2.55 bits per heavy atom. The number of nitrogens with zero attached hydrogens (tertiary/aromatic N) is 4. The molecule has 1 aromatic rings. The fraction of sp³-hybridized carbons (Fsp3) is 0.667. The van der Waals surface area contributed by atoms with Crippen molar-refractivity contribution in [1.29, 1.82) is 0 Å². The van der Waals surface area contributed by atoms with E-state index in [0.717, 1.165) is 4.47 Å². The van der Waals surface area contributed by atoms with E-state index in [1.54, 1.807) is 12.4 Å². The van der Waals surface area contributed by atoms with Crippen molar-refractivity contribution in [3.8, 4) is 6.01 Å². The minimum atomic E-state index is -3.44. The SMILES string of the molecule is O=S(=O)(N1CCOCC1)N1CC[C@@H](Oc2ncc(Br)cn2)C1. The summed E-state index contributed by atoms with van der Waals surface area (Å²) in [6, 6.07) is 0.263. The number of morpholine rings is 1. The van der Waals surface area contributed by atoms with E-state index in [-0.39, 0.29) is 12.1 Å². The van der Waals surface area contributed by atoms with E-state index in [1.807, 2.05) is 0 Å². The quantitative estimate of drug-likeness (QED) is 0.730. The molecule has 0 N–H and O–H groups in total. The van der Waals surface area contributed by atoms with Crippen molar-refractivity contribution in [1.82, 2.24) is 18.6 Å². The molecule has 122 valence electrons. The average molecular weight is 393 g/mol. The topological polar surface area (TPSA) is 84.9 Å². The van der Waals surface area contributed by atoms with Gasteiger partial charge in [0.05, 0.1) is 24.2 Å². The molecule has 1 atom stereocenters. The van der Waals surface area contributed by atoms with Gasteiger partial charge >= 0.3 is 6.01 Å². The van der Waals surface area contributed by atoms with Crippen LogP contribution in [0.15, 0.2) is 16.9 Å². The van der Waals surface area contributed by atoms with Crippen LogP contribution in [0, 0.1) is 0 Å². The highest BCUT2D eigenvalue weighted by molar-refractivity contribution is 9.10. The molecule has 0 aromatic carbocycles. The number of hydrogen-bond donors (Lipinski definition) is 0. The molecular formula is C12H17BrN4O4S. The zero-order valence-corrected chi connectivity index (χ0v) is 14.3. The van der Waals surface area contributed by atoms with Gasteiger partial charge in [0.15, 0.2) is 0 Å². The van der Waals surface area contributed by atoms with Gasteiger partial charge in [-0.25, -0.2) is 9.97 Å². The number of hydrogen-bond acceptors (Lipinski definition) is 6. The Bertz CT molecular complexity index is 606. The Hall–Kier alpha value is -0.810. The van der Waals surface area contributed by atoms with Crippen LogP contribution in [-0.4, -0.2) is 72.5 Å². The Morgan fingerprint density at radius 1 is 1.18 bits per heavy atom. The zero-order chi connectivity index (χ0) is 15.6. The molecule has 0 aliphatic carbocycles. The molecule has 22 heavy (non-hydrogen) atoms. The third-order valence-corrected chi connectivity index (χ3v) is 6.01. The molecule has 0 bridgehead atoms. The summed E-state index contributed by atoms with van der Waals surface area (Å²) in [4.78, 5) is 8.09. The fourth-order valence-corrected chi connectivity index (χ4v) is 4.29. The first kappa shape index (κ1) is 16.1. The second-order valence-corrected chi connectivity index (χ2v) is 7.93. The molecule has 10 heteroatoms. The van der Waals surface area contributed by atoms with E-state index in [2.05, 4.69) is 25.9 Å². The van der Waals surface area contributed by atoms with Gasteiger partial charge in [0.2, 0.25) is 0 Å². The summed E-state index contributed by atoms with van der Waals surface area (Å²) in [6.45, 7) is 2.46. The summed E-state index contributed by atoms with van der Waals surface area (Å²) < 4.78 is 39.6. The van der Waals surface area contributed by atoms with E-state index in [9.17, 15) is 8.42 Å². The van der Waals surface area contributed by atoms with Gasteiger partial charge in [0, 0.05) is 32.0 Å². The molecule has 0 spiro atoms. The van der Waals surface area contributed by atoms with Gasteiger partial charge in [-0.2, -0.15) is 17.0 Å². The standard InChI is InChI=1S/C12H17BrN4O4S/c13-10-7-14-12(15-8-10)21-11-1-2-17(9-11)22(18,19)16-3-5-20-6-4-16/h7-8,11H,1-6,9H2/t11-/m1/s1. The molecule has 0 unspecified atom stereocenters. The number of ether oxygens (including phenoxy) is 2. The third-order valence-electron chi connectivity index (χ3n) is 3.60. The maximum absolute atomic E-state index is 12.5. The normalized spacial score (nSPS) is 24.5. The Morgan fingerprint density at radius 2 is 1.86 bits per heavy atom. The van der Waals surface area contributed by atoms with Crippen LogP contribution >= 0.6 is 15.9 Å². The molecule has 0 amide bonds. The average Bonchev–Trinajstić information content (AvgIpc) is 3.00. The van der Waals surface area contributed by atoms with Crippen LogP contribution in [0.1, 0.15) is 6.42 Å². The molecule has 2 saturated heterocycles. The maximum Gasteiger partial charge on any atom is 0.316 e. The predicted molar refractivity (Wildman–Crippen MR) is 81.6 cm³/mol. The fourth-order valence-electron chi connectivity index (χ4n) is 2.45. The van der Waals surface area contributed by atoms with Gasteiger partial charge in [0.1, 0.15) is 6.10 Å². The van der Waals surface area contributed by atoms with E-state index >= 15 is 0 Å². The molecule has 8 nitrogen and oxygen atoms in total. The lowest BCUT2D eigenvalue weighted by Crippen LogP contribution is -2.48. The second kappa shape index (κ2) is 6.75. The van der Waals surface area contributed by atoms with Gasteiger partial charge < -0.3 is 9.47 Å². The van der Waals surface area contributed by atoms with Crippen molar-refractivity contribution in [2.45, 2.75) is 12.5 Å². The van der Waals surface area contributed by atoms with Crippen molar-refractivity contribution in [3.63, 3.8) is 0 Å². The first-order chi connectivity index (χ1) is 10.6. The molecule has 2 fully saturated rings.